The van der Waals surface area contributed by atoms with Crippen molar-refractivity contribution in [2.45, 2.75) is 26.2 Å². The van der Waals surface area contributed by atoms with Gasteiger partial charge in [0.05, 0.1) is 17.7 Å². The third kappa shape index (κ3) is 1.29. The Hall–Kier alpha value is -1.38. The SMILES string of the molecule is CCC(=O)C1CCc2occc2C1=O. The zero-order valence-electron chi connectivity index (χ0n) is 8.08. The lowest BCUT2D eigenvalue weighted by Gasteiger charge is -2.17. The number of hydrogen-bond donors (Lipinski definition) is 0. The van der Waals surface area contributed by atoms with Crippen molar-refractivity contribution >= 4 is 11.6 Å². The lowest BCUT2D eigenvalue weighted by atomic mass is 9.83. The molecule has 1 atom stereocenters. The van der Waals surface area contributed by atoms with Crippen LogP contribution in [-0.2, 0) is 11.2 Å². The fourth-order valence-electron chi connectivity index (χ4n) is 1.90. The predicted octanol–water partition coefficient (Wildman–Crippen LogP) is 2.00. The van der Waals surface area contributed by atoms with Crippen molar-refractivity contribution in [1.82, 2.24) is 0 Å². The Morgan fingerprint density at radius 1 is 1.64 bits per heavy atom. The number of Topliss-reactive ketones (excluding diaryl/α,β-unsaturated/α-hetero) is 2. The molecule has 3 heteroatoms. The number of ketones is 2. The van der Waals surface area contributed by atoms with Crippen LogP contribution >= 0.6 is 0 Å². The molecular weight excluding hydrogens is 180 g/mol. The van der Waals surface area contributed by atoms with Gasteiger partial charge < -0.3 is 4.42 Å². The van der Waals surface area contributed by atoms with Crippen LogP contribution in [0.4, 0.5) is 0 Å². The molecule has 14 heavy (non-hydrogen) atoms. The van der Waals surface area contributed by atoms with Crippen molar-refractivity contribution in [3.8, 4) is 0 Å². The molecule has 1 aromatic heterocycles. The van der Waals surface area contributed by atoms with Crippen molar-refractivity contribution in [3.05, 3.63) is 23.7 Å². The molecule has 1 heterocycles. The Morgan fingerprint density at radius 3 is 3.14 bits per heavy atom. The van der Waals surface area contributed by atoms with E-state index in [-0.39, 0.29) is 11.6 Å². The molecule has 1 aliphatic carbocycles. The van der Waals surface area contributed by atoms with Crippen molar-refractivity contribution in [3.63, 3.8) is 0 Å². The molecular formula is C11H12O3. The second-order valence-electron chi connectivity index (χ2n) is 3.53. The maximum absolute atomic E-state index is 11.8. The van der Waals surface area contributed by atoms with E-state index in [4.69, 9.17) is 4.42 Å². The summed E-state index contributed by atoms with van der Waals surface area (Å²) in [4.78, 5) is 23.3. The van der Waals surface area contributed by atoms with Gasteiger partial charge in [-0.2, -0.15) is 0 Å². The third-order valence-electron chi connectivity index (χ3n) is 2.72. The van der Waals surface area contributed by atoms with Gasteiger partial charge in [0.2, 0.25) is 0 Å². The molecule has 0 saturated heterocycles. The molecule has 0 radical (unpaired) electrons. The summed E-state index contributed by atoms with van der Waals surface area (Å²) in [6.45, 7) is 1.79. The zero-order chi connectivity index (χ0) is 10.1. The van der Waals surface area contributed by atoms with E-state index in [1.807, 2.05) is 0 Å². The minimum absolute atomic E-state index is 0.0434. The molecule has 1 aliphatic rings. The number of hydrogen-bond acceptors (Lipinski definition) is 3. The summed E-state index contributed by atoms with van der Waals surface area (Å²) in [5.74, 6) is 0.286. The maximum Gasteiger partial charge on any atom is 0.176 e. The fraction of sp³-hybridized carbons (Fsp3) is 0.455. The largest absolute Gasteiger partial charge is 0.469 e. The molecule has 0 aromatic carbocycles. The number of carbonyl (C=O) groups is 2. The second-order valence-corrected chi connectivity index (χ2v) is 3.53. The second kappa shape index (κ2) is 3.40. The van der Waals surface area contributed by atoms with Crippen LogP contribution < -0.4 is 0 Å². The van der Waals surface area contributed by atoms with Gasteiger partial charge in [0, 0.05) is 12.8 Å². The van der Waals surface area contributed by atoms with Gasteiger partial charge in [-0.15, -0.1) is 0 Å². The van der Waals surface area contributed by atoms with Gasteiger partial charge in [-0.1, -0.05) is 6.92 Å². The van der Waals surface area contributed by atoms with Gasteiger partial charge in [0.15, 0.2) is 5.78 Å². The smallest absolute Gasteiger partial charge is 0.176 e. The first-order chi connectivity index (χ1) is 6.74. The Kier molecular flexibility index (Phi) is 2.23. The summed E-state index contributed by atoms with van der Waals surface area (Å²) >= 11 is 0. The summed E-state index contributed by atoms with van der Waals surface area (Å²) in [5, 5.41) is 0. The first-order valence-electron chi connectivity index (χ1n) is 4.87. The Balaban J connectivity index is 2.30. The molecule has 0 bridgehead atoms. The van der Waals surface area contributed by atoms with Crippen LogP contribution in [0.2, 0.25) is 0 Å². The monoisotopic (exact) mass is 192 g/mol. The molecule has 1 aromatic rings. The van der Waals surface area contributed by atoms with E-state index in [1.54, 1.807) is 13.0 Å². The average Bonchev–Trinajstić information content (AvgIpc) is 2.66. The van der Waals surface area contributed by atoms with Gasteiger partial charge in [-0.25, -0.2) is 0 Å². The van der Waals surface area contributed by atoms with Crippen LogP contribution in [0.1, 0.15) is 35.9 Å². The molecule has 0 fully saturated rings. The highest BCUT2D eigenvalue weighted by Crippen LogP contribution is 2.27. The quantitative estimate of drug-likeness (QED) is 0.673. The standard InChI is InChI=1S/C11H12O3/c1-2-9(12)7-3-4-10-8(11(7)13)5-6-14-10/h5-7H,2-4H2,1H3. The molecule has 1 unspecified atom stereocenters. The van der Waals surface area contributed by atoms with Gasteiger partial charge in [-0.3, -0.25) is 9.59 Å². The van der Waals surface area contributed by atoms with E-state index in [1.165, 1.54) is 6.26 Å². The van der Waals surface area contributed by atoms with Gasteiger partial charge in [-0.05, 0) is 12.5 Å². The van der Waals surface area contributed by atoms with E-state index >= 15 is 0 Å². The Morgan fingerprint density at radius 2 is 2.43 bits per heavy atom. The minimum Gasteiger partial charge on any atom is -0.469 e. The summed E-state index contributed by atoms with van der Waals surface area (Å²) in [7, 11) is 0. The van der Waals surface area contributed by atoms with Gasteiger partial charge in [0.1, 0.15) is 11.5 Å². The normalized spacial score (nSPS) is 20.6. The molecule has 0 saturated carbocycles. The molecule has 0 spiro atoms. The zero-order valence-corrected chi connectivity index (χ0v) is 8.08. The third-order valence-corrected chi connectivity index (χ3v) is 2.72. The number of aryl methyl sites for hydroxylation is 1. The molecule has 0 aliphatic heterocycles. The minimum atomic E-state index is -0.426. The molecule has 3 nitrogen and oxygen atoms in total. The number of carbonyl (C=O) groups excluding carboxylic acids is 2. The lowest BCUT2D eigenvalue weighted by molar-refractivity contribution is -0.121. The van der Waals surface area contributed by atoms with Gasteiger partial charge in [0.25, 0.3) is 0 Å². The Labute approximate surface area is 82.1 Å². The highest BCUT2D eigenvalue weighted by Gasteiger charge is 2.33. The van der Waals surface area contributed by atoms with Crippen LogP contribution in [0.3, 0.4) is 0 Å². The molecule has 74 valence electrons. The van der Waals surface area contributed by atoms with Crippen molar-refractivity contribution < 1.29 is 14.0 Å². The highest BCUT2D eigenvalue weighted by molar-refractivity contribution is 6.11. The van der Waals surface area contributed by atoms with Gasteiger partial charge >= 0.3 is 0 Å². The lowest BCUT2D eigenvalue weighted by Crippen LogP contribution is -2.28. The van der Waals surface area contributed by atoms with Crippen molar-refractivity contribution in [2.24, 2.45) is 5.92 Å². The first-order valence-corrected chi connectivity index (χ1v) is 4.87. The predicted molar refractivity (Wildman–Crippen MR) is 50.1 cm³/mol. The van der Waals surface area contributed by atoms with E-state index in [9.17, 15) is 9.59 Å². The van der Waals surface area contributed by atoms with Crippen molar-refractivity contribution in [2.75, 3.05) is 0 Å². The summed E-state index contributed by atoms with van der Waals surface area (Å²) in [6.07, 6.45) is 3.25. The average molecular weight is 192 g/mol. The topological polar surface area (TPSA) is 47.3 Å². The molecule has 0 N–H and O–H groups in total. The van der Waals surface area contributed by atoms with Crippen LogP contribution in [0.25, 0.3) is 0 Å². The highest BCUT2D eigenvalue weighted by atomic mass is 16.3. The number of fused-ring (bicyclic) bond motifs is 1. The molecule has 0 amide bonds. The summed E-state index contributed by atoms with van der Waals surface area (Å²) < 4.78 is 5.16. The van der Waals surface area contributed by atoms with E-state index < -0.39 is 5.92 Å². The summed E-state index contributed by atoms with van der Waals surface area (Å²) in [5.41, 5.74) is 0.600. The molecule has 2 rings (SSSR count). The number of furan rings is 1. The maximum atomic E-state index is 11.8. The van der Waals surface area contributed by atoms with E-state index in [2.05, 4.69) is 0 Å². The van der Waals surface area contributed by atoms with Crippen LogP contribution in [0, 0.1) is 5.92 Å². The summed E-state index contributed by atoms with van der Waals surface area (Å²) in [6, 6.07) is 1.66. The first kappa shape index (κ1) is 9.19. The number of rotatable bonds is 2. The fourth-order valence-corrected chi connectivity index (χ4v) is 1.90. The van der Waals surface area contributed by atoms with E-state index in [0.717, 1.165) is 5.76 Å². The van der Waals surface area contributed by atoms with Crippen molar-refractivity contribution in [1.29, 1.82) is 0 Å². The van der Waals surface area contributed by atoms with Crippen LogP contribution in [0.15, 0.2) is 16.7 Å². The van der Waals surface area contributed by atoms with Crippen LogP contribution in [-0.4, -0.2) is 11.6 Å². The van der Waals surface area contributed by atoms with E-state index in [0.29, 0.717) is 24.8 Å². The van der Waals surface area contributed by atoms with Crippen LogP contribution in [0.5, 0.6) is 0 Å². The Bertz CT molecular complexity index is 376.